The Labute approximate surface area is 234 Å². The molecule has 0 aliphatic carbocycles. The van der Waals surface area contributed by atoms with E-state index in [0.29, 0.717) is 6.54 Å². The van der Waals surface area contributed by atoms with Gasteiger partial charge in [0.2, 0.25) is 10.0 Å². The number of sulfonamides is 1. The zero-order chi connectivity index (χ0) is 30.0. The van der Waals surface area contributed by atoms with E-state index in [2.05, 4.69) is 10.2 Å². The predicted octanol–water partition coefficient (Wildman–Crippen LogP) is 0.907. The number of carbonyl (C=O) groups is 1. The van der Waals surface area contributed by atoms with Gasteiger partial charge in [-0.05, 0) is 57.0 Å². The van der Waals surface area contributed by atoms with Crippen molar-refractivity contribution in [2.45, 2.75) is 69.8 Å². The molecule has 0 radical (unpaired) electrons. The number of aromatic nitrogens is 1. The van der Waals surface area contributed by atoms with Crippen LogP contribution in [-0.4, -0.2) is 101 Å². The standard InChI is InChI=1S/C25H36N4O5S.H2O4S/c1-16(2)29-23-8-6-5-7-17(23)11-22(25(29)32)24(31)26-18-12-19-9-10-20(13-18)28(19)15-21(30)14-27(3)35(4,33)34;1-5(2,3)4/h5-8,11,16,18-21,30H,9-10,12-15H2,1-4H3,(H,26,31);(H2,1,2,3,4)/t18?,19-,20+,21?;. The predicted molar refractivity (Wildman–Crippen MR) is 150 cm³/mol. The number of nitrogens with one attached hydrogen (secondary N) is 1. The third-order valence-electron chi connectivity index (χ3n) is 7.38. The molecule has 0 spiro atoms. The number of fused-ring (bicyclic) bond motifs is 3. The maximum atomic E-state index is 13.2. The summed E-state index contributed by atoms with van der Waals surface area (Å²) >= 11 is 0. The number of hydrogen-bond donors (Lipinski definition) is 4. The molecule has 13 nitrogen and oxygen atoms in total. The lowest BCUT2D eigenvalue weighted by atomic mass is 9.96. The fraction of sp³-hybridized carbons (Fsp3) is 0.600. The highest BCUT2D eigenvalue weighted by atomic mass is 32.3. The zero-order valence-corrected chi connectivity index (χ0v) is 24.6. The number of rotatable bonds is 8. The van der Waals surface area contributed by atoms with Gasteiger partial charge in [0, 0.05) is 44.3 Å². The van der Waals surface area contributed by atoms with E-state index < -0.39 is 26.5 Å². The minimum Gasteiger partial charge on any atom is -0.390 e. The Balaban J connectivity index is 0.000000810. The summed E-state index contributed by atoms with van der Waals surface area (Å²) in [4.78, 5) is 28.7. The van der Waals surface area contributed by atoms with Crippen LogP contribution in [0.2, 0.25) is 0 Å². The van der Waals surface area contributed by atoms with Gasteiger partial charge < -0.3 is 15.0 Å². The first kappa shape index (κ1) is 32.1. The Bertz CT molecular complexity index is 1470. The maximum Gasteiger partial charge on any atom is 0.394 e. The van der Waals surface area contributed by atoms with Gasteiger partial charge in [0.05, 0.1) is 17.9 Å². The number of carbonyl (C=O) groups excluding carboxylic acids is 1. The van der Waals surface area contributed by atoms with Crippen molar-refractivity contribution in [3.8, 4) is 0 Å². The van der Waals surface area contributed by atoms with E-state index in [1.807, 2.05) is 38.1 Å². The van der Waals surface area contributed by atoms with Gasteiger partial charge in [-0.15, -0.1) is 0 Å². The summed E-state index contributed by atoms with van der Waals surface area (Å²) in [6.45, 7) is 4.33. The number of hydrogen-bond acceptors (Lipinski definition) is 8. The summed E-state index contributed by atoms with van der Waals surface area (Å²) in [6, 6.07) is 9.57. The van der Waals surface area contributed by atoms with E-state index in [9.17, 15) is 23.1 Å². The minimum absolute atomic E-state index is 0.0505. The van der Waals surface area contributed by atoms with Gasteiger partial charge in [0.15, 0.2) is 0 Å². The van der Waals surface area contributed by atoms with Crippen LogP contribution in [0.25, 0.3) is 10.9 Å². The average molecular weight is 603 g/mol. The van der Waals surface area contributed by atoms with Crippen molar-refractivity contribution in [2.75, 3.05) is 26.4 Å². The van der Waals surface area contributed by atoms with Crippen LogP contribution in [-0.2, 0) is 20.4 Å². The molecule has 2 fully saturated rings. The van der Waals surface area contributed by atoms with E-state index in [0.717, 1.165) is 42.8 Å². The number of nitrogens with zero attached hydrogens (tertiary/aromatic N) is 3. The van der Waals surface area contributed by atoms with Gasteiger partial charge in [-0.1, -0.05) is 18.2 Å². The molecule has 1 amide bonds. The highest BCUT2D eigenvalue weighted by molar-refractivity contribution is 7.88. The molecule has 1 aromatic heterocycles. The molecule has 1 aromatic carbocycles. The second-order valence-corrected chi connectivity index (χ2v) is 13.7. The Hall–Kier alpha value is -2.40. The van der Waals surface area contributed by atoms with E-state index in [-0.39, 0.29) is 47.7 Å². The van der Waals surface area contributed by atoms with Crippen molar-refractivity contribution in [3.05, 3.63) is 46.2 Å². The molecule has 4 rings (SSSR count). The van der Waals surface area contributed by atoms with Crippen LogP contribution in [0.3, 0.4) is 0 Å². The first-order valence-corrected chi connectivity index (χ1v) is 16.2. The SMILES string of the molecule is CC(C)n1c(=O)c(C(=O)NC2C[C@H]3CC[C@@H](C2)N3CC(O)CN(C)S(C)(=O)=O)cc2ccccc21.O=S(=O)(O)O. The van der Waals surface area contributed by atoms with Crippen LogP contribution in [0.1, 0.15) is 55.9 Å². The van der Waals surface area contributed by atoms with Gasteiger partial charge >= 0.3 is 10.4 Å². The van der Waals surface area contributed by atoms with Crippen LogP contribution < -0.4 is 10.9 Å². The van der Waals surface area contributed by atoms with Gasteiger partial charge in [-0.2, -0.15) is 8.42 Å². The zero-order valence-electron chi connectivity index (χ0n) is 23.0. The number of aliphatic hydroxyl groups is 1. The molecule has 2 bridgehead atoms. The molecular formula is C25H38N4O9S2. The number of likely N-dealkylation sites (N-methyl/N-ethyl adjacent to an activating group) is 1. The second kappa shape index (κ2) is 12.6. The van der Waals surface area contributed by atoms with Crippen molar-refractivity contribution in [2.24, 2.45) is 0 Å². The second-order valence-electron chi connectivity index (χ2n) is 10.8. The normalized spacial score (nSPS) is 22.3. The average Bonchev–Trinajstić information content (AvgIpc) is 3.03. The third-order valence-corrected chi connectivity index (χ3v) is 8.66. The fourth-order valence-electron chi connectivity index (χ4n) is 5.65. The molecule has 2 aromatic rings. The number of amides is 1. The summed E-state index contributed by atoms with van der Waals surface area (Å²) < 4.78 is 57.7. The first-order chi connectivity index (χ1) is 18.5. The minimum atomic E-state index is -4.67. The number of pyridine rings is 1. The molecule has 0 saturated carbocycles. The van der Waals surface area contributed by atoms with E-state index in [1.165, 1.54) is 11.4 Å². The summed E-state index contributed by atoms with van der Waals surface area (Å²) in [6.07, 6.45) is 3.77. The molecule has 4 N–H and O–H groups in total. The molecule has 2 saturated heterocycles. The van der Waals surface area contributed by atoms with E-state index >= 15 is 0 Å². The van der Waals surface area contributed by atoms with Crippen molar-refractivity contribution < 1.29 is 35.8 Å². The van der Waals surface area contributed by atoms with Gasteiger partial charge in [0.25, 0.3) is 11.5 Å². The lowest BCUT2D eigenvalue weighted by Crippen LogP contribution is -2.53. The van der Waals surface area contributed by atoms with Gasteiger partial charge in [0.1, 0.15) is 5.56 Å². The monoisotopic (exact) mass is 602 g/mol. The summed E-state index contributed by atoms with van der Waals surface area (Å²) in [5.74, 6) is -0.345. The Morgan fingerprint density at radius 2 is 1.65 bits per heavy atom. The molecule has 3 heterocycles. The number of para-hydroxylation sites is 1. The molecule has 224 valence electrons. The van der Waals surface area contributed by atoms with E-state index in [1.54, 1.807) is 10.6 Å². The molecule has 2 aliphatic rings. The smallest absolute Gasteiger partial charge is 0.390 e. The quantitative estimate of drug-likeness (QED) is 0.316. The topological polar surface area (TPSA) is 187 Å². The molecular weight excluding hydrogens is 564 g/mol. The van der Waals surface area contributed by atoms with Crippen LogP contribution in [0, 0.1) is 0 Å². The Kier molecular flexibility index (Phi) is 10.1. The lowest BCUT2D eigenvalue weighted by Gasteiger charge is -2.40. The van der Waals surface area contributed by atoms with Crippen molar-refractivity contribution in [1.29, 1.82) is 0 Å². The lowest BCUT2D eigenvalue weighted by molar-refractivity contribution is 0.0448. The van der Waals surface area contributed by atoms with Crippen LogP contribution in [0.4, 0.5) is 0 Å². The Morgan fingerprint density at radius 1 is 1.10 bits per heavy atom. The summed E-state index contributed by atoms with van der Waals surface area (Å²) in [5, 5.41) is 14.5. The fourth-order valence-corrected chi connectivity index (χ4v) is 6.09. The van der Waals surface area contributed by atoms with Crippen molar-refractivity contribution in [1.82, 2.24) is 19.1 Å². The van der Waals surface area contributed by atoms with Crippen molar-refractivity contribution >= 4 is 37.2 Å². The number of aliphatic hydroxyl groups excluding tert-OH is 1. The third kappa shape index (κ3) is 8.31. The molecule has 4 atom stereocenters. The molecule has 40 heavy (non-hydrogen) atoms. The van der Waals surface area contributed by atoms with Crippen LogP contribution >= 0.6 is 0 Å². The van der Waals surface area contributed by atoms with E-state index in [4.69, 9.17) is 17.5 Å². The van der Waals surface area contributed by atoms with Gasteiger partial charge in [-0.25, -0.2) is 12.7 Å². The number of piperidine rings is 1. The first-order valence-electron chi connectivity index (χ1n) is 13.0. The molecule has 2 aliphatic heterocycles. The highest BCUT2D eigenvalue weighted by Gasteiger charge is 2.42. The van der Waals surface area contributed by atoms with Crippen LogP contribution in [0.5, 0.6) is 0 Å². The number of benzene rings is 1. The highest BCUT2D eigenvalue weighted by Crippen LogP contribution is 2.36. The Morgan fingerprint density at radius 3 is 2.17 bits per heavy atom. The largest absolute Gasteiger partial charge is 0.394 e. The molecule has 15 heteroatoms. The maximum absolute atomic E-state index is 13.2. The molecule has 2 unspecified atom stereocenters. The van der Waals surface area contributed by atoms with Crippen LogP contribution in [0.15, 0.2) is 35.1 Å². The summed E-state index contributed by atoms with van der Waals surface area (Å²) in [7, 11) is -6.54. The van der Waals surface area contributed by atoms with Crippen molar-refractivity contribution in [3.63, 3.8) is 0 Å². The van der Waals surface area contributed by atoms with Gasteiger partial charge in [-0.3, -0.25) is 23.6 Å². The summed E-state index contributed by atoms with van der Waals surface area (Å²) in [5.41, 5.74) is 0.691.